The van der Waals surface area contributed by atoms with Crippen molar-refractivity contribution in [3.05, 3.63) is 23.5 Å². The molecule has 0 heterocycles. The number of nitrogen functional groups attached to an aromatic ring is 1. The van der Waals surface area contributed by atoms with Crippen LogP contribution >= 0.6 is 0 Å². The van der Waals surface area contributed by atoms with Crippen LogP contribution in [0.1, 0.15) is 11.6 Å². The van der Waals surface area contributed by atoms with Gasteiger partial charge in [-0.25, -0.2) is 4.39 Å². The van der Waals surface area contributed by atoms with Crippen molar-refractivity contribution in [1.29, 1.82) is 0 Å². The second-order valence-electron chi connectivity index (χ2n) is 2.69. The summed E-state index contributed by atoms with van der Waals surface area (Å²) in [6.07, 6.45) is 0. The molecule has 0 saturated carbocycles. The maximum atomic E-state index is 12.7. The smallest absolute Gasteiger partial charge is 0.149 e. The van der Waals surface area contributed by atoms with Gasteiger partial charge in [0.15, 0.2) is 0 Å². The maximum Gasteiger partial charge on any atom is 0.149 e. The maximum absolute atomic E-state index is 12.7. The normalized spacial score (nSPS) is 12.8. The van der Waals surface area contributed by atoms with Crippen molar-refractivity contribution < 1.29 is 14.6 Å². The summed E-state index contributed by atoms with van der Waals surface area (Å²) in [5.74, 6) is -1.10. The van der Waals surface area contributed by atoms with E-state index >= 15 is 0 Å². The fourth-order valence-corrected chi connectivity index (χ4v) is 0.998. The quantitative estimate of drug-likeness (QED) is 0.389. The summed E-state index contributed by atoms with van der Waals surface area (Å²) in [5.41, 5.74) is 10.5. The highest BCUT2D eigenvalue weighted by Gasteiger charge is 2.14. The minimum Gasteiger partial charge on any atom is -0.505 e. The van der Waals surface area contributed by atoms with Crippen LogP contribution in [0.5, 0.6) is 5.75 Å². The molecule has 6 N–H and O–H groups in total. The van der Waals surface area contributed by atoms with Crippen LogP contribution in [0.25, 0.3) is 0 Å². The van der Waals surface area contributed by atoms with E-state index in [1.54, 1.807) is 0 Å². The van der Waals surface area contributed by atoms with Gasteiger partial charge in [0.05, 0.1) is 12.6 Å². The third-order valence-electron chi connectivity index (χ3n) is 1.79. The largest absolute Gasteiger partial charge is 0.505 e. The third kappa shape index (κ3) is 1.71. The molecule has 0 aliphatic carbocycles. The van der Waals surface area contributed by atoms with E-state index in [2.05, 4.69) is 0 Å². The van der Waals surface area contributed by atoms with Gasteiger partial charge in [-0.2, -0.15) is 0 Å². The molecule has 0 bridgehead atoms. The number of aromatic hydroxyl groups is 1. The van der Waals surface area contributed by atoms with Crippen molar-refractivity contribution in [2.45, 2.75) is 6.04 Å². The number of anilines is 1. The van der Waals surface area contributed by atoms with E-state index in [9.17, 15) is 9.50 Å². The average Bonchev–Trinajstić information content (AvgIpc) is 2.13. The first-order valence-electron chi connectivity index (χ1n) is 3.71. The van der Waals surface area contributed by atoms with Gasteiger partial charge in [0, 0.05) is 5.56 Å². The van der Waals surface area contributed by atoms with E-state index in [4.69, 9.17) is 16.6 Å². The fourth-order valence-electron chi connectivity index (χ4n) is 0.998. The third-order valence-corrected chi connectivity index (χ3v) is 1.79. The van der Waals surface area contributed by atoms with Gasteiger partial charge in [0.1, 0.15) is 17.3 Å². The molecule has 13 heavy (non-hydrogen) atoms. The molecule has 5 heteroatoms. The summed E-state index contributed by atoms with van der Waals surface area (Å²) in [5, 5.41) is 18.0. The Morgan fingerprint density at radius 2 is 2.08 bits per heavy atom. The topological polar surface area (TPSA) is 92.5 Å². The summed E-state index contributed by atoms with van der Waals surface area (Å²) in [7, 11) is 0. The van der Waals surface area contributed by atoms with Gasteiger partial charge in [-0.15, -0.1) is 0 Å². The molecule has 0 fully saturated rings. The van der Waals surface area contributed by atoms with E-state index in [0.717, 1.165) is 6.07 Å². The Kier molecular flexibility index (Phi) is 2.69. The number of hydrogen-bond acceptors (Lipinski definition) is 4. The van der Waals surface area contributed by atoms with Crippen LogP contribution in [0.3, 0.4) is 0 Å². The van der Waals surface area contributed by atoms with Gasteiger partial charge in [0.25, 0.3) is 0 Å². The lowest BCUT2D eigenvalue weighted by molar-refractivity contribution is 0.265. The zero-order valence-electron chi connectivity index (χ0n) is 6.87. The van der Waals surface area contributed by atoms with E-state index < -0.39 is 17.6 Å². The molecule has 0 aliphatic heterocycles. The van der Waals surface area contributed by atoms with E-state index in [0.29, 0.717) is 0 Å². The zero-order chi connectivity index (χ0) is 10.0. The first-order chi connectivity index (χ1) is 6.07. The van der Waals surface area contributed by atoms with Gasteiger partial charge in [0.2, 0.25) is 0 Å². The number of halogens is 1. The van der Waals surface area contributed by atoms with Crippen molar-refractivity contribution in [3.8, 4) is 5.75 Å². The Morgan fingerprint density at radius 1 is 1.46 bits per heavy atom. The molecular weight excluding hydrogens is 175 g/mol. The van der Waals surface area contributed by atoms with Gasteiger partial charge < -0.3 is 21.7 Å². The summed E-state index contributed by atoms with van der Waals surface area (Å²) < 4.78 is 12.7. The molecule has 0 aliphatic rings. The molecule has 4 nitrogen and oxygen atoms in total. The van der Waals surface area contributed by atoms with Crippen LogP contribution in [0.15, 0.2) is 12.1 Å². The molecule has 0 saturated heterocycles. The van der Waals surface area contributed by atoms with Gasteiger partial charge >= 0.3 is 0 Å². The molecule has 1 aromatic rings. The summed E-state index contributed by atoms with van der Waals surface area (Å²) in [4.78, 5) is 0. The van der Waals surface area contributed by atoms with Crippen LogP contribution < -0.4 is 11.5 Å². The summed E-state index contributed by atoms with van der Waals surface area (Å²) in [6.45, 7) is -0.335. The molecule has 0 radical (unpaired) electrons. The van der Waals surface area contributed by atoms with Crippen molar-refractivity contribution in [3.63, 3.8) is 0 Å². The number of aliphatic hydroxyl groups is 1. The standard InChI is InChI=1S/C8H11FN2O2/c9-5-2-1-4(6(10)3-12)8(13)7(5)11/h1-2,6,12-13H,3,10-11H2/t6-/m0/s1. The average molecular weight is 186 g/mol. The molecule has 0 unspecified atom stereocenters. The fraction of sp³-hybridized carbons (Fsp3) is 0.250. The van der Waals surface area contributed by atoms with Crippen molar-refractivity contribution >= 4 is 5.69 Å². The van der Waals surface area contributed by atoms with Crippen molar-refractivity contribution in [2.75, 3.05) is 12.3 Å². The predicted octanol–water partition coefficient (Wildman–Crippen LogP) is 0.106. The second kappa shape index (κ2) is 3.59. The Hall–Kier alpha value is -1.33. The number of rotatable bonds is 2. The number of hydrogen-bond donors (Lipinski definition) is 4. The first-order valence-corrected chi connectivity index (χ1v) is 3.71. The highest BCUT2D eigenvalue weighted by atomic mass is 19.1. The van der Waals surface area contributed by atoms with Crippen molar-refractivity contribution in [2.24, 2.45) is 5.73 Å². The molecule has 0 aromatic heterocycles. The van der Waals surface area contributed by atoms with Gasteiger partial charge in [-0.1, -0.05) is 6.07 Å². The Bertz CT molecular complexity index is 317. The van der Waals surface area contributed by atoms with E-state index in [-0.39, 0.29) is 17.9 Å². The lowest BCUT2D eigenvalue weighted by Gasteiger charge is -2.12. The van der Waals surface area contributed by atoms with Crippen molar-refractivity contribution in [1.82, 2.24) is 0 Å². The van der Waals surface area contributed by atoms with Gasteiger partial charge in [-0.05, 0) is 6.07 Å². The van der Waals surface area contributed by atoms with Crippen LogP contribution in [-0.2, 0) is 0 Å². The minimum absolute atomic E-state index is 0.237. The van der Waals surface area contributed by atoms with Gasteiger partial charge in [-0.3, -0.25) is 0 Å². The molecule has 1 atom stereocenters. The molecule has 1 rings (SSSR count). The lowest BCUT2D eigenvalue weighted by Crippen LogP contribution is -2.15. The molecule has 1 aromatic carbocycles. The lowest BCUT2D eigenvalue weighted by atomic mass is 10.1. The summed E-state index contributed by atoms with van der Waals surface area (Å²) >= 11 is 0. The highest BCUT2D eigenvalue weighted by Crippen LogP contribution is 2.30. The molecular formula is C8H11FN2O2. The zero-order valence-corrected chi connectivity index (χ0v) is 6.87. The van der Waals surface area contributed by atoms with E-state index in [1.807, 2.05) is 0 Å². The summed E-state index contributed by atoms with van der Waals surface area (Å²) in [6, 6.07) is 1.64. The predicted molar refractivity (Wildman–Crippen MR) is 46.5 cm³/mol. The highest BCUT2D eigenvalue weighted by molar-refractivity contribution is 5.57. The monoisotopic (exact) mass is 186 g/mol. The SMILES string of the molecule is Nc1c(F)ccc([C@@H](N)CO)c1O. The molecule has 0 spiro atoms. The first kappa shape index (κ1) is 9.76. The number of aliphatic hydroxyl groups excluding tert-OH is 1. The molecule has 72 valence electrons. The van der Waals surface area contributed by atoms with Crippen LogP contribution in [0.4, 0.5) is 10.1 Å². The Balaban J connectivity index is 3.18. The number of phenolic OH excluding ortho intramolecular Hbond substituents is 1. The second-order valence-corrected chi connectivity index (χ2v) is 2.69. The number of nitrogens with two attached hydrogens (primary N) is 2. The van der Waals surface area contributed by atoms with Crippen LogP contribution in [0, 0.1) is 5.82 Å². The van der Waals surface area contributed by atoms with Crippen LogP contribution in [0.2, 0.25) is 0 Å². The minimum atomic E-state index is -0.747. The van der Waals surface area contributed by atoms with Crippen LogP contribution in [-0.4, -0.2) is 16.8 Å². The number of phenols is 1. The molecule has 0 amide bonds. The Morgan fingerprint density at radius 3 is 2.62 bits per heavy atom. The Labute approximate surface area is 74.6 Å². The van der Waals surface area contributed by atoms with E-state index in [1.165, 1.54) is 6.07 Å². The number of benzene rings is 1.